The third-order valence-corrected chi connectivity index (χ3v) is 3.02. The molecule has 1 aliphatic carbocycles. The summed E-state index contributed by atoms with van der Waals surface area (Å²) in [6.07, 6.45) is 4.39. The first kappa shape index (κ1) is 11.9. The average Bonchev–Trinajstić information content (AvgIpc) is 2.78. The fourth-order valence-corrected chi connectivity index (χ4v) is 2.03. The number of hydroxylamine groups is 1. The summed E-state index contributed by atoms with van der Waals surface area (Å²) in [7, 11) is 0. The number of hydrogen-bond donors (Lipinski definition) is 2. The SMILES string of the molecule is Cc1ccc(C(=O)NOC2CCCC2)c(O)c1. The summed E-state index contributed by atoms with van der Waals surface area (Å²) in [4.78, 5) is 17.0. The van der Waals surface area contributed by atoms with Crippen LogP contribution < -0.4 is 5.48 Å². The highest BCUT2D eigenvalue weighted by Crippen LogP contribution is 2.21. The van der Waals surface area contributed by atoms with E-state index in [2.05, 4.69) is 5.48 Å². The molecule has 0 aromatic heterocycles. The molecule has 4 nitrogen and oxygen atoms in total. The first-order chi connectivity index (χ1) is 8.16. The van der Waals surface area contributed by atoms with E-state index in [4.69, 9.17) is 4.84 Å². The number of hydrogen-bond acceptors (Lipinski definition) is 3. The predicted octanol–water partition coefficient (Wildman–Crippen LogP) is 2.30. The third kappa shape index (κ3) is 2.97. The third-order valence-electron chi connectivity index (χ3n) is 3.02. The monoisotopic (exact) mass is 235 g/mol. The van der Waals surface area contributed by atoms with Gasteiger partial charge in [0.25, 0.3) is 5.91 Å². The number of benzene rings is 1. The van der Waals surface area contributed by atoms with Gasteiger partial charge in [-0.05, 0) is 37.5 Å². The van der Waals surface area contributed by atoms with E-state index in [0.717, 1.165) is 31.2 Å². The normalized spacial score (nSPS) is 16.1. The van der Waals surface area contributed by atoms with Crippen LogP contribution in [0.5, 0.6) is 5.75 Å². The maximum Gasteiger partial charge on any atom is 0.278 e. The molecular weight excluding hydrogens is 218 g/mol. The van der Waals surface area contributed by atoms with Gasteiger partial charge in [0.15, 0.2) is 0 Å². The number of carbonyl (C=O) groups is 1. The molecule has 1 aromatic rings. The van der Waals surface area contributed by atoms with Gasteiger partial charge < -0.3 is 5.11 Å². The number of carbonyl (C=O) groups excluding carboxylic acids is 1. The summed E-state index contributed by atoms with van der Waals surface area (Å²) in [5, 5.41) is 9.64. The molecule has 1 fully saturated rings. The van der Waals surface area contributed by atoms with Gasteiger partial charge in [-0.2, -0.15) is 0 Å². The predicted molar refractivity (Wildman–Crippen MR) is 63.7 cm³/mol. The van der Waals surface area contributed by atoms with Crippen LogP contribution in [0.4, 0.5) is 0 Å². The fraction of sp³-hybridized carbons (Fsp3) is 0.462. The van der Waals surface area contributed by atoms with E-state index in [1.165, 1.54) is 0 Å². The average molecular weight is 235 g/mol. The molecule has 0 bridgehead atoms. The number of phenolic OH excluding ortho intramolecular Hbond substituents is 1. The summed E-state index contributed by atoms with van der Waals surface area (Å²) in [6.45, 7) is 1.86. The molecule has 92 valence electrons. The molecule has 0 atom stereocenters. The van der Waals surface area contributed by atoms with Crippen molar-refractivity contribution in [3.63, 3.8) is 0 Å². The second kappa shape index (κ2) is 5.19. The van der Waals surface area contributed by atoms with Crippen LogP contribution in [0.15, 0.2) is 18.2 Å². The number of amides is 1. The van der Waals surface area contributed by atoms with Crippen LogP contribution in [0.25, 0.3) is 0 Å². The minimum Gasteiger partial charge on any atom is -0.507 e. The maximum absolute atomic E-state index is 11.7. The van der Waals surface area contributed by atoms with Crippen molar-refractivity contribution in [1.82, 2.24) is 5.48 Å². The zero-order valence-electron chi connectivity index (χ0n) is 9.90. The molecule has 1 saturated carbocycles. The number of aromatic hydroxyl groups is 1. The van der Waals surface area contributed by atoms with Crippen LogP contribution >= 0.6 is 0 Å². The first-order valence-electron chi connectivity index (χ1n) is 5.92. The largest absolute Gasteiger partial charge is 0.507 e. The Morgan fingerprint density at radius 3 is 2.76 bits per heavy atom. The lowest BCUT2D eigenvalue weighted by Gasteiger charge is -2.12. The van der Waals surface area contributed by atoms with Crippen molar-refractivity contribution in [2.45, 2.75) is 38.7 Å². The van der Waals surface area contributed by atoms with Crippen LogP contribution in [0.3, 0.4) is 0 Å². The molecule has 0 heterocycles. The van der Waals surface area contributed by atoms with Crippen molar-refractivity contribution in [3.8, 4) is 5.75 Å². The molecule has 1 aliphatic rings. The molecular formula is C13H17NO3. The Morgan fingerprint density at radius 1 is 1.41 bits per heavy atom. The summed E-state index contributed by atoms with van der Waals surface area (Å²) in [5.41, 5.74) is 3.56. The van der Waals surface area contributed by atoms with E-state index < -0.39 is 5.91 Å². The molecule has 2 N–H and O–H groups in total. The van der Waals surface area contributed by atoms with Gasteiger partial charge in [0.2, 0.25) is 0 Å². The van der Waals surface area contributed by atoms with E-state index in [9.17, 15) is 9.90 Å². The van der Waals surface area contributed by atoms with Gasteiger partial charge in [-0.15, -0.1) is 0 Å². The van der Waals surface area contributed by atoms with Crippen LogP contribution in [0, 0.1) is 6.92 Å². The first-order valence-corrected chi connectivity index (χ1v) is 5.92. The second-order valence-electron chi connectivity index (χ2n) is 4.48. The quantitative estimate of drug-likeness (QED) is 0.790. The lowest BCUT2D eigenvalue weighted by molar-refractivity contribution is -0.0126. The minimum atomic E-state index is -0.394. The minimum absolute atomic E-state index is 0.0162. The number of nitrogens with one attached hydrogen (secondary N) is 1. The van der Waals surface area contributed by atoms with Gasteiger partial charge >= 0.3 is 0 Å². The lowest BCUT2D eigenvalue weighted by atomic mass is 10.1. The van der Waals surface area contributed by atoms with Crippen molar-refractivity contribution >= 4 is 5.91 Å². The van der Waals surface area contributed by atoms with E-state index in [0.29, 0.717) is 0 Å². The number of aryl methyl sites for hydroxylation is 1. The van der Waals surface area contributed by atoms with Crippen LogP contribution in [-0.4, -0.2) is 17.1 Å². The zero-order chi connectivity index (χ0) is 12.3. The molecule has 2 rings (SSSR count). The van der Waals surface area contributed by atoms with E-state index in [-0.39, 0.29) is 17.4 Å². The van der Waals surface area contributed by atoms with E-state index in [1.807, 2.05) is 6.92 Å². The Labute approximate surface area is 101 Å². The maximum atomic E-state index is 11.7. The smallest absolute Gasteiger partial charge is 0.278 e. The summed E-state index contributed by atoms with van der Waals surface area (Å²) in [5.74, 6) is -0.410. The van der Waals surface area contributed by atoms with Gasteiger partial charge in [0.05, 0.1) is 11.7 Å². The number of rotatable bonds is 3. The van der Waals surface area contributed by atoms with Gasteiger partial charge in [-0.1, -0.05) is 18.9 Å². The van der Waals surface area contributed by atoms with Crippen LogP contribution in [-0.2, 0) is 4.84 Å². The van der Waals surface area contributed by atoms with Crippen molar-refractivity contribution in [3.05, 3.63) is 29.3 Å². The molecule has 0 unspecified atom stereocenters. The Balaban J connectivity index is 1.94. The van der Waals surface area contributed by atoms with Crippen LogP contribution in [0.1, 0.15) is 41.6 Å². The molecule has 1 aromatic carbocycles. The summed E-state index contributed by atoms with van der Waals surface area (Å²) >= 11 is 0. The highest BCUT2D eigenvalue weighted by atomic mass is 16.7. The standard InChI is InChI=1S/C13H17NO3/c1-9-6-7-11(12(15)8-9)13(16)14-17-10-4-2-3-5-10/h6-8,10,15H,2-5H2,1H3,(H,14,16). The van der Waals surface area contributed by atoms with Crippen LogP contribution in [0.2, 0.25) is 0 Å². The fourth-order valence-electron chi connectivity index (χ4n) is 2.03. The zero-order valence-corrected chi connectivity index (χ0v) is 9.90. The number of phenols is 1. The highest BCUT2D eigenvalue weighted by molar-refractivity contribution is 5.96. The molecule has 0 saturated heterocycles. The Bertz CT molecular complexity index is 411. The second-order valence-corrected chi connectivity index (χ2v) is 4.48. The van der Waals surface area contributed by atoms with Gasteiger partial charge in [-0.3, -0.25) is 9.63 Å². The topological polar surface area (TPSA) is 58.6 Å². The molecule has 0 aliphatic heterocycles. The molecule has 0 radical (unpaired) electrons. The van der Waals surface area contributed by atoms with Crippen molar-refractivity contribution < 1.29 is 14.7 Å². The Hall–Kier alpha value is -1.55. The highest BCUT2D eigenvalue weighted by Gasteiger charge is 2.18. The van der Waals surface area contributed by atoms with Gasteiger partial charge in [-0.25, -0.2) is 5.48 Å². The molecule has 0 spiro atoms. The van der Waals surface area contributed by atoms with Crippen molar-refractivity contribution in [1.29, 1.82) is 0 Å². The molecule has 1 amide bonds. The van der Waals surface area contributed by atoms with Gasteiger partial charge in [0, 0.05) is 0 Å². The molecule has 17 heavy (non-hydrogen) atoms. The summed E-state index contributed by atoms with van der Waals surface area (Å²) in [6, 6.07) is 4.94. The van der Waals surface area contributed by atoms with Crippen molar-refractivity contribution in [2.75, 3.05) is 0 Å². The van der Waals surface area contributed by atoms with Gasteiger partial charge in [0.1, 0.15) is 5.75 Å². The van der Waals surface area contributed by atoms with E-state index >= 15 is 0 Å². The van der Waals surface area contributed by atoms with E-state index in [1.54, 1.807) is 18.2 Å². The Morgan fingerprint density at radius 2 is 2.12 bits per heavy atom. The lowest BCUT2D eigenvalue weighted by Crippen LogP contribution is -2.28. The van der Waals surface area contributed by atoms with Crippen molar-refractivity contribution in [2.24, 2.45) is 0 Å². The summed E-state index contributed by atoms with van der Waals surface area (Å²) < 4.78 is 0. The Kier molecular flexibility index (Phi) is 3.64. The molecule has 4 heteroatoms.